The minimum absolute atomic E-state index is 0.122. The molecule has 1 unspecified atom stereocenters. The monoisotopic (exact) mass is 277 g/mol. The van der Waals surface area contributed by atoms with Crippen LogP contribution in [0, 0.1) is 5.92 Å². The highest BCUT2D eigenvalue weighted by atomic mass is 35.7. The van der Waals surface area contributed by atoms with Gasteiger partial charge in [0.2, 0.25) is 0 Å². The molecule has 0 aliphatic heterocycles. The molecule has 0 aromatic carbocycles. The lowest BCUT2D eigenvalue weighted by Crippen LogP contribution is -2.12. The van der Waals surface area contributed by atoms with Crippen molar-refractivity contribution < 1.29 is 8.42 Å². The highest BCUT2D eigenvalue weighted by Crippen LogP contribution is 2.42. The van der Waals surface area contributed by atoms with Crippen LogP contribution in [0.25, 0.3) is 0 Å². The minimum Gasteiger partial charge on any atom is -0.301 e. The zero-order valence-corrected chi connectivity index (χ0v) is 11.5. The molecule has 0 radical (unpaired) electrons. The van der Waals surface area contributed by atoms with Crippen LogP contribution in [-0.4, -0.2) is 23.2 Å². The van der Waals surface area contributed by atoms with Gasteiger partial charge in [0.25, 0.3) is 14.2 Å². The largest absolute Gasteiger partial charge is 0.301 e. The molecule has 1 heterocycles. The molecule has 1 atom stereocenters. The van der Waals surface area contributed by atoms with Gasteiger partial charge in [-0.2, -0.15) is 0 Å². The average Bonchev–Trinajstić information content (AvgIpc) is 2.98. The maximum atomic E-state index is 11.4. The van der Waals surface area contributed by atoms with Gasteiger partial charge in [-0.15, -0.1) is 10.2 Å². The van der Waals surface area contributed by atoms with E-state index < -0.39 is 9.05 Å². The van der Waals surface area contributed by atoms with Crippen molar-refractivity contribution in [1.29, 1.82) is 0 Å². The lowest BCUT2D eigenvalue weighted by atomic mass is 10.1. The third-order valence-corrected chi connectivity index (χ3v) is 4.30. The normalized spacial score (nSPS) is 18.3. The Labute approximate surface area is 106 Å². The molecule has 2 rings (SSSR count). The second kappa shape index (κ2) is 4.57. The fraction of sp³-hybridized carbons (Fsp3) is 0.800. The van der Waals surface area contributed by atoms with Gasteiger partial charge in [-0.05, 0) is 25.2 Å². The third kappa shape index (κ3) is 2.63. The molecule has 7 heteroatoms. The Hall–Kier alpha value is -0.620. The summed E-state index contributed by atoms with van der Waals surface area (Å²) < 4.78 is 24.4. The van der Waals surface area contributed by atoms with Gasteiger partial charge in [0.15, 0.2) is 0 Å². The molecule has 1 aromatic rings. The maximum absolute atomic E-state index is 11.4. The number of aromatic nitrogens is 3. The molecule has 17 heavy (non-hydrogen) atoms. The van der Waals surface area contributed by atoms with E-state index in [9.17, 15) is 8.42 Å². The Balaban J connectivity index is 2.42. The summed E-state index contributed by atoms with van der Waals surface area (Å²) in [6.45, 7) is 4.63. The standard InChI is InChI=1S/C10H16ClN3O2S/c1-3-6-14-9(7(2)8-4-5-8)12-13-10(14)17(11,15)16/h7-8H,3-6H2,1-2H3. The number of halogens is 1. The van der Waals surface area contributed by atoms with Crippen LogP contribution in [0.15, 0.2) is 5.16 Å². The number of rotatable bonds is 5. The zero-order chi connectivity index (χ0) is 12.6. The number of hydrogen-bond acceptors (Lipinski definition) is 4. The van der Waals surface area contributed by atoms with E-state index in [1.54, 1.807) is 4.57 Å². The number of nitrogens with zero attached hydrogens (tertiary/aromatic N) is 3. The third-order valence-electron chi connectivity index (χ3n) is 3.15. The van der Waals surface area contributed by atoms with Crippen LogP contribution in [0.3, 0.4) is 0 Å². The van der Waals surface area contributed by atoms with Crippen molar-refractivity contribution in [3.8, 4) is 0 Å². The molecule has 1 aromatic heterocycles. The van der Waals surface area contributed by atoms with Crippen LogP contribution in [0.5, 0.6) is 0 Å². The predicted octanol–water partition coefficient (Wildman–Crippen LogP) is 2.13. The fourth-order valence-corrected chi connectivity index (χ4v) is 2.99. The Morgan fingerprint density at radius 3 is 2.59 bits per heavy atom. The highest BCUT2D eigenvalue weighted by Gasteiger charge is 2.34. The second-order valence-corrected chi connectivity index (χ2v) is 7.02. The molecule has 0 bridgehead atoms. The lowest BCUT2D eigenvalue weighted by molar-refractivity contribution is 0.519. The minimum atomic E-state index is -3.81. The summed E-state index contributed by atoms with van der Waals surface area (Å²) in [7, 11) is 1.55. The van der Waals surface area contributed by atoms with Crippen LogP contribution < -0.4 is 0 Å². The van der Waals surface area contributed by atoms with Crippen LogP contribution in [-0.2, 0) is 15.6 Å². The topological polar surface area (TPSA) is 64.8 Å². The van der Waals surface area contributed by atoms with Crippen molar-refractivity contribution in [3.63, 3.8) is 0 Å². The van der Waals surface area contributed by atoms with Crippen LogP contribution in [0.2, 0.25) is 0 Å². The molecule has 1 fully saturated rings. The van der Waals surface area contributed by atoms with E-state index >= 15 is 0 Å². The van der Waals surface area contributed by atoms with Gasteiger partial charge in [-0.1, -0.05) is 13.8 Å². The van der Waals surface area contributed by atoms with E-state index in [0.29, 0.717) is 12.5 Å². The molecular formula is C10H16ClN3O2S. The second-order valence-electron chi connectivity index (χ2n) is 4.56. The Morgan fingerprint density at radius 2 is 2.12 bits per heavy atom. The SMILES string of the molecule is CCCn1c(C(C)C2CC2)nnc1S(=O)(=O)Cl. The van der Waals surface area contributed by atoms with Gasteiger partial charge in [0, 0.05) is 23.1 Å². The van der Waals surface area contributed by atoms with Crippen LogP contribution in [0.1, 0.15) is 44.9 Å². The summed E-state index contributed by atoms with van der Waals surface area (Å²) >= 11 is 0. The smallest absolute Gasteiger partial charge is 0.296 e. The lowest BCUT2D eigenvalue weighted by Gasteiger charge is -2.12. The summed E-state index contributed by atoms with van der Waals surface area (Å²) in [4.78, 5) is 0. The molecule has 1 aliphatic rings. The van der Waals surface area contributed by atoms with Crippen LogP contribution >= 0.6 is 10.7 Å². The van der Waals surface area contributed by atoms with Gasteiger partial charge in [0.1, 0.15) is 5.82 Å². The highest BCUT2D eigenvalue weighted by molar-refractivity contribution is 8.13. The molecule has 0 saturated heterocycles. The first kappa shape index (κ1) is 12.8. The molecule has 0 spiro atoms. The van der Waals surface area contributed by atoms with E-state index in [-0.39, 0.29) is 11.1 Å². The van der Waals surface area contributed by atoms with E-state index in [0.717, 1.165) is 12.2 Å². The van der Waals surface area contributed by atoms with E-state index in [4.69, 9.17) is 10.7 Å². The predicted molar refractivity (Wildman–Crippen MR) is 64.5 cm³/mol. The van der Waals surface area contributed by atoms with Crippen molar-refractivity contribution in [1.82, 2.24) is 14.8 Å². The summed E-state index contributed by atoms with van der Waals surface area (Å²) in [5.41, 5.74) is 0. The van der Waals surface area contributed by atoms with Crippen molar-refractivity contribution >= 4 is 19.7 Å². The summed E-state index contributed by atoms with van der Waals surface area (Å²) in [5.74, 6) is 1.61. The van der Waals surface area contributed by atoms with Crippen molar-refractivity contribution in [2.75, 3.05) is 0 Å². The van der Waals surface area contributed by atoms with E-state index in [1.165, 1.54) is 12.8 Å². The first-order valence-electron chi connectivity index (χ1n) is 5.83. The van der Waals surface area contributed by atoms with Crippen molar-refractivity contribution in [2.45, 2.75) is 50.7 Å². The van der Waals surface area contributed by atoms with Crippen molar-refractivity contribution in [2.24, 2.45) is 5.92 Å². The summed E-state index contributed by atoms with van der Waals surface area (Å²) in [6.07, 6.45) is 3.19. The van der Waals surface area contributed by atoms with Gasteiger partial charge >= 0.3 is 0 Å². The first-order valence-corrected chi connectivity index (χ1v) is 8.13. The van der Waals surface area contributed by atoms with Crippen molar-refractivity contribution in [3.05, 3.63) is 5.82 Å². The zero-order valence-electron chi connectivity index (χ0n) is 9.93. The van der Waals surface area contributed by atoms with Gasteiger partial charge < -0.3 is 4.57 Å². The molecule has 0 amide bonds. The Morgan fingerprint density at radius 1 is 1.47 bits per heavy atom. The number of hydrogen-bond donors (Lipinski definition) is 0. The fourth-order valence-electron chi connectivity index (χ4n) is 2.06. The summed E-state index contributed by atoms with van der Waals surface area (Å²) in [6, 6.07) is 0. The van der Waals surface area contributed by atoms with Gasteiger partial charge in [-0.25, -0.2) is 8.42 Å². The molecule has 96 valence electrons. The molecule has 1 aliphatic carbocycles. The Kier molecular flexibility index (Phi) is 3.45. The van der Waals surface area contributed by atoms with E-state index in [2.05, 4.69) is 17.1 Å². The molecule has 1 saturated carbocycles. The molecular weight excluding hydrogens is 262 g/mol. The van der Waals surface area contributed by atoms with Gasteiger partial charge in [-0.3, -0.25) is 0 Å². The van der Waals surface area contributed by atoms with Gasteiger partial charge in [0.05, 0.1) is 0 Å². The maximum Gasteiger partial charge on any atom is 0.296 e. The average molecular weight is 278 g/mol. The molecule has 5 nitrogen and oxygen atoms in total. The van der Waals surface area contributed by atoms with Crippen LogP contribution in [0.4, 0.5) is 0 Å². The Bertz CT molecular complexity index is 508. The van der Waals surface area contributed by atoms with E-state index in [1.807, 2.05) is 6.92 Å². The molecule has 0 N–H and O–H groups in total. The quantitative estimate of drug-likeness (QED) is 0.774. The first-order chi connectivity index (χ1) is 7.95. The summed E-state index contributed by atoms with van der Waals surface area (Å²) in [5, 5.41) is 7.62.